The Bertz CT molecular complexity index is 130. The normalized spacial score (nSPS) is 34.4. The van der Waals surface area contributed by atoms with Crippen LogP contribution in [-0.4, -0.2) is 18.5 Å². The van der Waals surface area contributed by atoms with E-state index < -0.39 is 8.09 Å². The Labute approximate surface area is 60.1 Å². The van der Waals surface area contributed by atoms with E-state index in [1.807, 2.05) is 0 Å². The average Bonchev–Trinajstić information content (AvgIpc) is 2.17. The average molecular weight is 169 g/mol. The highest BCUT2D eigenvalue weighted by atomic mass is 35.5. The van der Waals surface area contributed by atoms with Crippen molar-refractivity contribution < 1.29 is 4.52 Å². The minimum Gasteiger partial charge on any atom is -0.333 e. The van der Waals surface area contributed by atoms with Gasteiger partial charge >= 0.3 is 0 Å². The zero-order chi connectivity index (χ0) is 6.69. The van der Waals surface area contributed by atoms with Crippen molar-refractivity contribution in [1.29, 1.82) is 0 Å². The minimum absolute atomic E-state index is 0.279. The first-order valence-electron chi connectivity index (χ1n) is 2.85. The Morgan fingerprint density at radius 1 is 1.89 bits per heavy atom. The van der Waals surface area contributed by atoms with Gasteiger partial charge in [0.25, 0.3) is 0 Å². The topological polar surface area (TPSA) is 47.6 Å². The maximum atomic E-state index is 5.48. The Morgan fingerprint density at radius 2 is 2.67 bits per heavy atom. The molecule has 2 N–H and O–H groups in total. The van der Waals surface area contributed by atoms with Crippen LogP contribution in [0.2, 0.25) is 0 Å². The summed E-state index contributed by atoms with van der Waals surface area (Å²) in [6.45, 7) is 0.678. The van der Waals surface area contributed by atoms with Gasteiger partial charge in [0.05, 0.1) is 12.6 Å². The lowest BCUT2D eigenvalue weighted by molar-refractivity contribution is 0.351. The second-order valence-electron chi connectivity index (χ2n) is 1.91. The molecule has 2 atom stereocenters. The summed E-state index contributed by atoms with van der Waals surface area (Å²) in [5, 5.41) is 0. The molecule has 5 heteroatoms. The molecule has 0 fully saturated rings. The minimum atomic E-state index is -1.26. The summed E-state index contributed by atoms with van der Waals surface area (Å²) in [6.07, 6.45) is 0.896. The Balaban J connectivity index is 2.29. The number of nitrogens with two attached hydrogens (primary N) is 1. The molecule has 1 aliphatic heterocycles. The van der Waals surface area contributed by atoms with E-state index in [1.165, 1.54) is 0 Å². The third-order valence-corrected chi connectivity index (χ3v) is 2.48. The first-order valence-corrected chi connectivity index (χ1v) is 4.81. The molecule has 0 aromatic heterocycles. The van der Waals surface area contributed by atoms with Crippen LogP contribution >= 0.6 is 19.7 Å². The van der Waals surface area contributed by atoms with Gasteiger partial charge in [0.15, 0.2) is 0 Å². The second-order valence-corrected chi connectivity index (χ2v) is 3.51. The van der Waals surface area contributed by atoms with Crippen LogP contribution in [0.5, 0.6) is 0 Å². The van der Waals surface area contributed by atoms with Gasteiger partial charge in [-0.3, -0.25) is 10.2 Å². The van der Waals surface area contributed by atoms with E-state index in [1.54, 1.807) is 0 Å². The van der Waals surface area contributed by atoms with Crippen LogP contribution < -0.4 is 5.50 Å². The SMILES string of the molecule is N[PH]1=NC(CCCl)CO1. The van der Waals surface area contributed by atoms with Gasteiger partial charge in [-0.2, -0.15) is 0 Å². The number of nitrogens with zero attached hydrogens (tertiary/aromatic N) is 1. The molecule has 0 saturated heterocycles. The van der Waals surface area contributed by atoms with Crippen molar-refractivity contribution in [2.24, 2.45) is 10.2 Å². The van der Waals surface area contributed by atoms with Crippen molar-refractivity contribution in [3.63, 3.8) is 0 Å². The van der Waals surface area contributed by atoms with Gasteiger partial charge in [0, 0.05) is 5.88 Å². The predicted molar refractivity (Wildman–Crippen MR) is 40.0 cm³/mol. The van der Waals surface area contributed by atoms with E-state index in [2.05, 4.69) is 4.74 Å². The molecule has 0 aliphatic carbocycles. The molecule has 0 bridgehead atoms. The molecule has 1 heterocycles. The summed E-state index contributed by atoms with van der Waals surface area (Å²) in [4.78, 5) is 0. The van der Waals surface area contributed by atoms with Crippen molar-refractivity contribution in [1.82, 2.24) is 0 Å². The van der Waals surface area contributed by atoms with Gasteiger partial charge in [-0.05, 0) is 6.42 Å². The fourth-order valence-electron chi connectivity index (χ4n) is 0.710. The number of hydrogen-bond donors (Lipinski definition) is 1. The van der Waals surface area contributed by atoms with Gasteiger partial charge in [-0.15, -0.1) is 11.6 Å². The molecule has 0 spiro atoms. The maximum absolute atomic E-state index is 5.48. The molecule has 1 rings (SSSR count). The van der Waals surface area contributed by atoms with Crippen LogP contribution in [0.3, 0.4) is 0 Å². The van der Waals surface area contributed by atoms with Crippen molar-refractivity contribution in [2.45, 2.75) is 12.5 Å². The molecule has 0 amide bonds. The van der Waals surface area contributed by atoms with Crippen LogP contribution in [-0.2, 0) is 4.52 Å². The standard InChI is InChI=1S/C4H10ClN2OP/c5-2-1-4-3-8-9(6)7-4/h4,9H,1-3H2,(H2,6,7). The van der Waals surface area contributed by atoms with Crippen molar-refractivity contribution in [2.75, 3.05) is 12.5 Å². The summed E-state index contributed by atoms with van der Waals surface area (Å²) in [5.74, 6) is 0.646. The lowest BCUT2D eigenvalue weighted by Crippen LogP contribution is -2.05. The highest BCUT2D eigenvalue weighted by Crippen LogP contribution is 2.27. The third kappa shape index (κ3) is 2.26. The summed E-state index contributed by atoms with van der Waals surface area (Å²) in [5.41, 5.74) is 5.43. The first kappa shape index (κ1) is 7.55. The molecule has 0 aromatic carbocycles. The highest BCUT2D eigenvalue weighted by molar-refractivity contribution is 7.39. The number of alkyl halides is 1. The zero-order valence-electron chi connectivity index (χ0n) is 5.01. The van der Waals surface area contributed by atoms with E-state index in [9.17, 15) is 0 Å². The van der Waals surface area contributed by atoms with E-state index in [4.69, 9.17) is 21.6 Å². The molecule has 9 heavy (non-hydrogen) atoms. The smallest absolute Gasteiger partial charge is 0.135 e. The molecule has 1 aliphatic rings. The molecule has 0 saturated carbocycles. The summed E-state index contributed by atoms with van der Waals surface area (Å²) in [7, 11) is -1.26. The Hall–Kier alpha value is 0.440. The maximum Gasteiger partial charge on any atom is 0.135 e. The lowest BCUT2D eigenvalue weighted by atomic mass is 10.3. The van der Waals surface area contributed by atoms with Crippen molar-refractivity contribution in [3.8, 4) is 0 Å². The fourth-order valence-corrected chi connectivity index (χ4v) is 1.96. The van der Waals surface area contributed by atoms with E-state index in [-0.39, 0.29) is 6.04 Å². The largest absolute Gasteiger partial charge is 0.333 e. The summed E-state index contributed by atoms with van der Waals surface area (Å²) >= 11 is 5.48. The molecule has 2 unspecified atom stereocenters. The second kappa shape index (κ2) is 3.57. The van der Waals surface area contributed by atoms with Crippen LogP contribution in [0.15, 0.2) is 4.74 Å². The van der Waals surface area contributed by atoms with Crippen molar-refractivity contribution in [3.05, 3.63) is 0 Å². The van der Waals surface area contributed by atoms with Crippen LogP contribution in [0.4, 0.5) is 0 Å². The van der Waals surface area contributed by atoms with E-state index in [0.717, 1.165) is 6.42 Å². The molecular weight excluding hydrogens is 158 g/mol. The Morgan fingerprint density at radius 3 is 3.11 bits per heavy atom. The van der Waals surface area contributed by atoms with E-state index in [0.29, 0.717) is 12.5 Å². The van der Waals surface area contributed by atoms with Crippen LogP contribution in [0, 0.1) is 0 Å². The quantitative estimate of drug-likeness (QED) is 0.498. The van der Waals surface area contributed by atoms with E-state index >= 15 is 0 Å². The predicted octanol–water partition coefficient (Wildman–Crippen LogP) is 1.20. The van der Waals surface area contributed by atoms with Gasteiger partial charge in [-0.25, -0.2) is 0 Å². The van der Waals surface area contributed by atoms with Crippen LogP contribution in [0.1, 0.15) is 6.42 Å². The van der Waals surface area contributed by atoms with Crippen LogP contribution in [0.25, 0.3) is 0 Å². The van der Waals surface area contributed by atoms with Gasteiger partial charge in [-0.1, -0.05) is 0 Å². The highest BCUT2D eigenvalue weighted by Gasteiger charge is 2.12. The third-order valence-electron chi connectivity index (χ3n) is 1.18. The molecule has 0 aromatic rings. The molecule has 54 valence electrons. The van der Waals surface area contributed by atoms with Crippen molar-refractivity contribution >= 4 is 19.7 Å². The molecular formula is C4H10ClN2OP. The summed E-state index contributed by atoms with van der Waals surface area (Å²) < 4.78 is 9.22. The number of hydrogen-bond acceptors (Lipinski definition) is 3. The number of rotatable bonds is 2. The van der Waals surface area contributed by atoms with Gasteiger partial charge in [0.1, 0.15) is 8.09 Å². The van der Waals surface area contributed by atoms with Gasteiger partial charge < -0.3 is 4.52 Å². The fraction of sp³-hybridized carbons (Fsp3) is 1.00. The Kier molecular flexibility index (Phi) is 2.99. The summed E-state index contributed by atoms with van der Waals surface area (Å²) in [6, 6.07) is 0.279. The zero-order valence-corrected chi connectivity index (χ0v) is 6.77. The van der Waals surface area contributed by atoms with Gasteiger partial charge in [0.2, 0.25) is 0 Å². The number of halogens is 1. The lowest BCUT2D eigenvalue weighted by Gasteiger charge is -1.98. The molecule has 0 radical (unpaired) electrons. The monoisotopic (exact) mass is 168 g/mol. The first-order chi connectivity index (χ1) is 4.33. The molecule has 3 nitrogen and oxygen atoms in total.